The van der Waals surface area contributed by atoms with Gasteiger partial charge in [0.15, 0.2) is 0 Å². The van der Waals surface area contributed by atoms with Gasteiger partial charge in [0.1, 0.15) is 35.6 Å². The second-order valence-corrected chi connectivity index (χ2v) is 21.9. The van der Waals surface area contributed by atoms with E-state index < -0.39 is 48.3 Å². The average molecular weight is 1070 g/mol. The Kier molecular flexibility index (Phi) is 19.0. The number of carbonyl (C=O) groups excluding carboxylic acids is 6. The number of carbonyl (C=O) groups is 6. The Morgan fingerprint density at radius 2 is 0.910 bits per heavy atom. The van der Waals surface area contributed by atoms with Gasteiger partial charge in [0.05, 0.1) is 49.7 Å². The Hall–Kier alpha value is -6.62. The summed E-state index contributed by atoms with van der Waals surface area (Å²) in [4.78, 5) is 91.0. The zero-order chi connectivity index (χ0) is 54.7. The van der Waals surface area contributed by atoms with Gasteiger partial charge >= 0.3 is 0 Å². The molecule has 22 nitrogen and oxygen atoms in total. The Labute approximate surface area is 457 Å². The second-order valence-electron chi connectivity index (χ2n) is 21.9. The summed E-state index contributed by atoms with van der Waals surface area (Å²) in [6, 6.07) is 14.5. The number of likely N-dealkylation sites (N-methyl/N-ethyl adjacent to an activating group) is 2. The predicted molar refractivity (Wildman–Crippen MR) is 291 cm³/mol. The molecule has 5 aliphatic heterocycles. The minimum atomic E-state index is -0.684. The van der Waals surface area contributed by atoms with E-state index in [2.05, 4.69) is 62.3 Å². The smallest absolute Gasteiger partial charge is 0.246 e. The zero-order valence-electron chi connectivity index (χ0n) is 45.8. The molecule has 0 saturated carbocycles. The molecule has 0 aliphatic carbocycles. The van der Waals surface area contributed by atoms with Crippen LogP contribution >= 0.6 is 0 Å². The summed E-state index contributed by atoms with van der Waals surface area (Å²) in [6.45, 7) is 9.76. The molecule has 5 fully saturated rings. The minimum absolute atomic E-state index is 0.0574. The lowest BCUT2D eigenvalue weighted by molar-refractivity contribution is -0.144. The zero-order valence-corrected chi connectivity index (χ0v) is 45.8. The van der Waals surface area contributed by atoms with Gasteiger partial charge in [-0.3, -0.25) is 47.9 Å². The summed E-state index contributed by atoms with van der Waals surface area (Å²) in [7, 11) is 3.42. The van der Waals surface area contributed by atoms with Crippen LogP contribution in [0.1, 0.15) is 125 Å². The van der Waals surface area contributed by atoms with E-state index in [-0.39, 0.29) is 47.5 Å². The van der Waals surface area contributed by atoms with Crippen LogP contribution in [0.15, 0.2) is 73.1 Å². The van der Waals surface area contributed by atoms with Gasteiger partial charge in [-0.15, -0.1) is 10.2 Å². The van der Waals surface area contributed by atoms with E-state index in [4.69, 9.17) is 0 Å². The fraction of sp³-hybridized carbons (Fsp3) is 0.607. The van der Waals surface area contributed by atoms with Crippen molar-refractivity contribution < 1.29 is 28.8 Å². The van der Waals surface area contributed by atoms with E-state index in [0.717, 1.165) is 102 Å². The summed E-state index contributed by atoms with van der Waals surface area (Å²) >= 11 is 0. The number of piperazine rings is 1. The third-order valence-corrected chi connectivity index (χ3v) is 16.9. The van der Waals surface area contributed by atoms with Crippen LogP contribution in [0.5, 0.6) is 0 Å². The van der Waals surface area contributed by atoms with Gasteiger partial charge in [-0.1, -0.05) is 96.8 Å². The summed E-state index contributed by atoms with van der Waals surface area (Å²) < 4.78 is 3.66. The van der Waals surface area contributed by atoms with Crippen molar-refractivity contribution in [2.45, 2.75) is 164 Å². The lowest BCUT2D eigenvalue weighted by Crippen LogP contribution is -2.58. The van der Waals surface area contributed by atoms with Crippen LogP contribution in [0, 0.1) is 0 Å². The maximum Gasteiger partial charge on any atom is 0.246 e. The van der Waals surface area contributed by atoms with E-state index in [1.165, 1.54) is 0 Å². The van der Waals surface area contributed by atoms with Gasteiger partial charge < -0.3 is 41.7 Å². The predicted octanol–water partition coefficient (Wildman–Crippen LogP) is 1.65. The molecule has 0 spiro atoms. The van der Waals surface area contributed by atoms with Crippen molar-refractivity contribution >= 4 is 35.4 Å². The molecule has 2 aromatic heterocycles. The highest BCUT2D eigenvalue weighted by Crippen LogP contribution is 2.34. The van der Waals surface area contributed by atoms with Crippen LogP contribution in [0.25, 0.3) is 0 Å². The first-order chi connectivity index (χ1) is 37.9. The minimum Gasteiger partial charge on any atom is -0.343 e. The quantitative estimate of drug-likeness (QED) is 0.0738. The van der Waals surface area contributed by atoms with E-state index in [1.54, 1.807) is 37.7 Å². The fourth-order valence-electron chi connectivity index (χ4n) is 12.0. The van der Waals surface area contributed by atoms with Crippen LogP contribution in [0.2, 0.25) is 0 Å². The Bertz CT molecular complexity index is 2480. The Morgan fingerprint density at radius 3 is 1.29 bits per heavy atom. The normalized spacial score (nSPS) is 24.8. The van der Waals surface area contributed by atoms with Crippen LogP contribution in [0.3, 0.4) is 0 Å². The number of nitrogens with zero attached hydrogens (tertiary/aromatic N) is 10. The molecule has 78 heavy (non-hydrogen) atoms. The Balaban J connectivity index is 0.772. The third-order valence-electron chi connectivity index (χ3n) is 16.9. The van der Waals surface area contributed by atoms with E-state index in [1.807, 2.05) is 82.4 Å². The lowest BCUT2D eigenvalue weighted by Gasteiger charge is -2.36. The first-order valence-electron chi connectivity index (χ1n) is 28.4. The highest BCUT2D eigenvalue weighted by Gasteiger charge is 2.46. The average Bonchev–Trinajstić information content (AvgIpc) is 4.31. The van der Waals surface area contributed by atoms with Gasteiger partial charge in [-0.2, -0.15) is 0 Å². The molecule has 22 heteroatoms. The lowest BCUT2D eigenvalue weighted by atomic mass is 9.98. The number of fused-ring (bicyclic) bond motifs is 2. The van der Waals surface area contributed by atoms with Crippen LogP contribution < -0.4 is 31.9 Å². The summed E-state index contributed by atoms with van der Waals surface area (Å²) in [5, 5.41) is 36.5. The van der Waals surface area contributed by atoms with Crippen molar-refractivity contribution in [3.8, 4) is 0 Å². The fourth-order valence-corrected chi connectivity index (χ4v) is 12.0. The summed E-state index contributed by atoms with van der Waals surface area (Å²) in [5.74, 6) is -1.35. The third kappa shape index (κ3) is 13.4. The first kappa shape index (κ1) is 56.1. The number of hydrogen-bond donors (Lipinski definition) is 6. The molecule has 5 saturated heterocycles. The van der Waals surface area contributed by atoms with Crippen molar-refractivity contribution in [1.29, 1.82) is 0 Å². The second kappa shape index (κ2) is 26.4. The summed E-state index contributed by atoms with van der Waals surface area (Å²) in [5.41, 5.74) is 2.93. The molecule has 5 aliphatic rings. The molecule has 6 amide bonds. The standard InChI is InChI=1S/C56H80N16O6/c1-37(57-3)51(73)59-43-21-13-11-19-41-23-25-47(71(41)55(43)77)53(75)61-49(39-15-7-5-8-16-39)45-35-69(65-63-45)33-31-67-27-29-68(30-28-67)32-34-70-36-46(64-66-70)50(40-17-9-6-10-18-40)62-54(76)48-26-24-42-20-12-14-22-44(56(78)72(42)48)60-52(74)38(2)58-4/h5-10,15-18,35-38,41-44,47-50,57-58H,11-14,19-34H2,1-4H3,(H,59,73)(H,60,74)(H,61,75)(H,62,76)/t37-,38-,41-,42-,43-,44-,47-,48-,49-,50-/m0/s1. The number of aromatic nitrogens is 6. The van der Waals surface area contributed by atoms with Crippen LogP contribution in [-0.2, 0) is 41.9 Å². The highest BCUT2D eigenvalue weighted by molar-refractivity contribution is 5.95. The number of benzene rings is 2. The number of nitrogens with one attached hydrogen (secondary N) is 6. The van der Waals surface area contributed by atoms with Crippen molar-refractivity contribution in [1.82, 2.24) is 81.5 Å². The molecular formula is C56H80N16O6. The first-order valence-corrected chi connectivity index (χ1v) is 28.4. The summed E-state index contributed by atoms with van der Waals surface area (Å²) in [6.07, 6.45) is 12.6. The van der Waals surface area contributed by atoms with Gasteiger partial charge in [-0.25, -0.2) is 0 Å². The SMILES string of the molecule is CN[C@@H](C)C(=O)N[C@H]1CCCC[C@H]2CC[C@@H](C(=O)N[C@@H](c3ccccc3)c3cn(CCN4CCN(CCn5cc([C@@H](NC(=O)[C@@H]6CC[C@@H]7CCCC[C@H](NC(=O)[C@H](C)NC)C(=O)N76)c6ccccc6)nn5)CC4)nn3)N2C1=O. The molecule has 4 aromatic rings. The van der Waals surface area contributed by atoms with Gasteiger partial charge in [-0.05, 0) is 90.4 Å². The molecular weight excluding hydrogens is 993 g/mol. The van der Waals surface area contributed by atoms with Gasteiger partial charge in [0.25, 0.3) is 0 Å². The van der Waals surface area contributed by atoms with E-state index in [0.29, 0.717) is 50.2 Å². The molecule has 420 valence electrons. The maximum absolute atomic E-state index is 14.3. The largest absolute Gasteiger partial charge is 0.343 e. The van der Waals surface area contributed by atoms with Gasteiger partial charge in [0.2, 0.25) is 35.4 Å². The van der Waals surface area contributed by atoms with E-state index in [9.17, 15) is 28.8 Å². The number of hydrogen-bond acceptors (Lipinski definition) is 14. The highest BCUT2D eigenvalue weighted by atomic mass is 16.2. The molecule has 7 heterocycles. The monoisotopic (exact) mass is 1070 g/mol. The molecule has 0 bridgehead atoms. The molecule has 2 aromatic carbocycles. The number of rotatable bonds is 20. The Morgan fingerprint density at radius 1 is 0.526 bits per heavy atom. The number of amides is 6. The van der Waals surface area contributed by atoms with Crippen LogP contribution in [-0.4, -0.2) is 187 Å². The molecule has 6 N–H and O–H groups in total. The molecule has 10 atom stereocenters. The van der Waals surface area contributed by atoms with Crippen molar-refractivity contribution in [3.63, 3.8) is 0 Å². The van der Waals surface area contributed by atoms with E-state index >= 15 is 0 Å². The molecule has 0 radical (unpaired) electrons. The topological polar surface area (TPSA) is 249 Å². The molecule has 0 unspecified atom stereocenters. The van der Waals surface area contributed by atoms with Crippen LogP contribution in [0.4, 0.5) is 0 Å². The van der Waals surface area contributed by atoms with Gasteiger partial charge in [0, 0.05) is 51.4 Å². The molecule has 9 rings (SSSR count). The van der Waals surface area contributed by atoms with Crippen molar-refractivity contribution in [2.24, 2.45) is 0 Å². The van der Waals surface area contributed by atoms with Crippen molar-refractivity contribution in [3.05, 3.63) is 95.6 Å². The van der Waals surface area contributed by atoms with Crippen molar-refractivity contribution in [2.75, 3.05) is 53.4 Å². The maximum atomic E-state index is 14.3.